The van der Waals surface area contributed by atoms with E-state index in [4.69, 9.17) is 21.4 Å². The lowest BCUT2D eigenvalue weighted by atomic mass is 9.71. The Morgan fingerprint density at radius 1 is 1.08 bits per heavy atom. The number of nitrogens with zero attached hydrogens (tertiary/aromatic N) is 1. The largest absolute Gasteiger partial charge is 0.489 e. The van der Waals surface area contributed by atoms with E-state index < -0.39 is 38.4 Å². The van der Waals surface area contributed by atoms with E-state index in [2.05, 4.69) is 0 Å². The second kappa shape index (κ2) is 10.7. The second-order valence-corrected chi connectivity index (χ2v) is 11.7. The number of halogens is 5. The van der Waals surface area contributed by atoms with Crippen LogP contribution in [0, 0.1) is 11.2 Å². The number of anilines is 1. The Labute approximate surface area is 227 Å². The molecule has 1 aliphatic heterocycles. The summed E-state index contributed by atoms with van der Waals surface area (Å²) in [5.74, 6) is -1.09. The molecule has 1 aliphatic carbocycles. The van der Waals surface area contributed by atoms with Gasteiger partial charge in [-0.3, -0.25) is 9.10 Å². The Morgan fingerprint density at radius 2 is 1.77 bits per heavy atom. The van der Waals surface area contributed by atoms with Crippen LogP contribution < -0.4 is 9.04 Å². The Balaban J connectivity index is 0.000000379. The van der Waals surface area contributed by atoms with Crippen molar-refractivity contribution in [3.63, 3.8) is 0 Å². The van der Waals surface area contributed by atoms with Crippen LogP contribution in [0.3, 0.4) is 0 Å². The molecule has 0 aromatic heterocycles. The molecule has 0 amide bonds. The fourth-order valence-corrected chi connectivity index (χ4v) is 5.89. The molecule has 0 unspecified atom stereocenters. The number of aliphatic carboxylic acids is 1. The molecule has 208 valence electrons. The van der Waals surface area contributed by atoms with Gasteiger partial charge in [0.1, 0.15) is 18.2 Å². The van der Waals surface area contributed by atoms with Gasteiger partial charge in [-0.1, -0.05) is 42.3 Å². The van der Waals surface area contributed by atoms with Crippen LogP contribution in [0.15, 0.2) is 65.6 Å². The molecule has 2 aliphatic rings. The molecule has 0 spiro atoms. The first-order valence-electron chi connectivity index (χ1n) is 11.9. The average molecular weight is 586 g/mol. The highest BCUT2D eigenvalue weighted by Crippen LogP contribution is 2.41. The van der Waals surface area contributed by atoms with Crippen LogP contribution in [0.2, 0.25) is 5.02 Å². The molecule has 0 atom stereocenters. The van der Waals surface area contributed by atoms with Crippen molar-refractivity contribution < 1.29 is 40.6 Å². The quantitative estimate of drug-likeness (QED) is 0.333. The third kappa shape index (κ3) is 5.84. The first kappa shape index (κ1) is 28.7. The summed E-state index contributed by atoms with van der Waals surface area (Å²) >= 11 is 5.84. The third-order valence-corrected chi connectivity index (χ3v) is 8.87. The lowest BCUT2D eigenvalue weighted by Gasteiger charge is -2.33. The number of sulfonamides is 1. The minimum atomic E-state index is -4.69. The van der Waals surface area contributed by atoms with Gasteiger partial charge in [-0.15, -0.1) is 0 Å². The molecule has 1 fully saturated rings. The number of carboxylic acid groups (broad SMARTS) is 1. The van der Waals surface area contributed by atoms with Crippen LogP contribution in [0.5, 0.6) is 5.75 Å². The van der Waals surface area contributed by atoms with Gasteiger partial charge in [-0.25, -0.2) is 12.8 Å². The van der Waals surface area contributed by atoms with Gasteiger partial charge < -0.3 is 9.84 Å². The first-order valence-corrected chi connectivity index (χ1v) is 13.7. The van der Waals surface area contributed by atoms with E-state index in [0.29, 0.717) is 11.6 Å². The number of hydrogen-bond acceptors (Lipinski definition) is 4. The molecular weight excluding hydrogens is 562 g/mol. The zero-order valence-corrected chi connectivity index (χ0v) is 22.2. The first-order chi connectivity index (χ1) is 18.2. The lowest BCUT2D eigenvalue weighted by molar-refractivity contribution is -0.152. The summed E-state index contributed by atoms with van der Waals surface area (Å²) in [6, 6.07) is 12.4. The number of carboxylic acids is 1. The van der Waals surface area contributed by atoms with E-state index >= 15 is 0 Å². The van der Waals surface area contributed by atoms with E-state index in [0.717, 1.165) is 41.8 Å². The van der Waals surface area contributed by atoms with Gasteiger partial charge in [0.05, 0.1) is 33.1 Å². The predicted molar refractivity (Wildman–Crippen MR) is 138 cm³/mol. The summed E-state index contributed by atoms with van der Waals surface area (Å²) in [4.78, 5) is 9.80. The van der Waals surface area contributed by atoms with Crippen molar-refractivity contribution in [3.8, 4) is 16.9 Å². The molecule has 12 heteroatoms. The molecule has 6 nitrogen and oxygen atoms in total. The van der Waals surface area contributed by atoms with Crippen molar-refractivity contribution in [3.05, 3.63) is 77.1 Å². The van der Waals surface area contributed by atoms with Crippen molar-refractivity contribution in [1.29, 1.82) is 0 Å². The van der Waals surface area contributed by atoms with E-state index in [1.165, 1.54) is 24.3 Å². The number of ether oxygens (including phenoxy) is 1. The maximum atomic E-state index is 14.5. The van der Waals surface area contributed by atoms with Crippen LogP contribution in [0.4, 0.5) is 23.2 Å². The number of fused-ring (bicyclic) bond motifs is 1. The molecule has 3 aromatic rings. The summed E-state index contributed by atoms with van der Waals surface area (Å²) in [6.45, 7) is 1.70. The van der Waals surface area contributed by atoms with Crippen LogP contribution in [0.25, 0.3) is 11.1 Å². The second-order valence-electron chi connectivity index (χ2n) is 9.45. The summed E-state index contributed by atoms with van der Waals surface area (Å²) in [6.07, 6.45) is -1.88. The van der Waals surface area contributed by atoms with E-state index in [1.807, 2.05) is 0 Å². The Bertz CT molecular complexity index is 1510. The minimum Gasteiger partial charge on any atom is -0.489 e. The third-order valence-electron chi connectivity index (χ3n) is 6.76. The fourth-order valence-electron chi connectivity index (χ4n) is 4.22. The zero-order chi connectivity index (χ0) is 28.6. The van der Waals surface area contributed by atoms with Gasteiger partial charge in [0, 0.05) is 5.56 Å². The van der Waals surface area contributed by atoms with Gasteiger partial charge in [0.25, 0.3) is 10.0 Å². The molecule has 1 N–H and O–H groups in total. The molecule has 0 bridgehead atoms. The van der Waals surface area contributed by atoms with Crippen molar-refractivity contribution >= 4 is 33.3 Å². The Kier molecular flexibility index (Phi) is 7.86. The molecule has 3 aromatic carbocycles. The number of hydrogen-bond donors (Lipinski definition) is 1. The number of alkyl halides is 3. The highest BCUT2D eigenvalue weighted by atomic mass is 35.5. The van der Waals surface area contributed by atoms with Crippen LogP contribution in [-0.2, 0) is 21.0 Å². The van der Waals surface area contributed by atoms with E-state index in [1.54, 1.807) is 19.1 Å². The van der Waals surface area contributed by atoms with Crippen molar-refractivity contribution in [2.24, 2.45) is 5.41 Å². The minimum absolute atomic E-state index is 0.00998. The SMILES string of the molecule is CC1(C(=O)O)CCC1.O=S(=O)(c1cccc(C(F)(F)F)c1)N1CCOc2ccc(-c3cccc(Cl)c3F)cc21. The summed E-state index contributed by atoms with van der Waals surface area (Å²) in [7, 11) is -4.34. The summed E-state index contributed by atoms with van der Waals surface area (Å²) in [5.41, 5.74) is -0.844. The fraction of sp³-hybridized carbons (Fsp3) is 0.296. The molecule has 39 heavy (non-hydrogen) atoms. The van der Waals surface area contributed by atoms with Gasteiger partial charge >= 0.3 is 12.1 Å². The van der Waals surface area contributed by atoms with Crippen LogP contribution >= 0.6 is 11.6 Å². The van der Waals surface area contributed by atoms with Crippen molar-refractivity contribution in [2.75, 3.05) is 17.5 Å². The van der Waals surface area contributed by atoms with Crippen LogP contribution in [-0.4, -0.2) is 32.6 Å². The number of benzene rings is 3. The average Bonchev–Trinajstić information content (AvgIpc) is 2.88. The summed E-state index contributed by atoms with van der Waals surface area (Å²) in [5, 5.41) is 8.40. The zero-order valence-electron chi connectivity index (χ0n) is 20.6. The Morgan fingerprint density at radius 3 is 2.36 bits per heavy atom. The molecule has 0 radical (unpaired) electrons. The maximum absolute atomic E-state index is 14.5. The monoisotopic (exact) mass is 585 g/mol. The molecular formula is C27H24ClF4NO5S. The number of carbonyl (C=O) groups is 1. The standard InChI is InChI=1S/C21H14ClF4NO3S.C6H10O2/c22-17-6-2-5-16(20(17)23)13-7-8-19-18(11-13)27(9-10-30-19)31(28,29)15-4-1-3-14(12-15)21(24,25)26;1-6(5(7)8)3-2-4-6/h1-8,11-12H,9-10H2;2-4H2,1H3,(H,7,8). The molecule has 0 saturated heterocycles. The predicted octanol–water partition coefficient (Wildman–Crippen LogP) is 7.01. The normalized spacial score (nSPS) is 16.2. The van der Waals surface area contributed by atoms with Crippen LogP contribution in [0.1, 0.15) is 31.7 Å². The van der Waals surface area contributed by atoms with Gasteiger partial charge in [0.2, 0.25) is 0 Å². The Hall–Kier alpha value is -3.31. The highest BCUT2D eigenvalue weighted by molar-refractivity contribution is 7.92. The van der Waals surface area contributed by atoms with Crippen molar-refractivity contribution in [2.45, 2.75) is 37.3 Å². The lowest BCUT2D eigenvalue weighted by Crippen LogP contribution is -2.38. The van der Waals surface area contributed by atoms with Gasteiger partial charge in [0.15, 0.2) is 0 Å². The summed E-state index contributed by atoms with van der Waals surface area (Å²) < 4.78 is 86.6. The molecule has 1 saturated carbocycles. The van der Waals surface area contributed by atoms with Crippen molar-refractivity contribution in [1.82, 2.24) is 0 Å². The van der Waals surface area contributed by atoms with E-state index in [9.17, 15) is 30.8 Å². The molecule has 1 heterocycles. The number of rotatable bonds is 4. The smallest absolute Gasteiger partial charge is 0.416 e. The highest BCUT2D eigenvalue weighted by Gasteiger charge is 2.39. The van der Waals surface area contributed by atoms with E-state index in [-0.39, 0.29) is 40.6 Å². The topological polar surface area (TPSA) is 83.9 Å². The van der Waals surface area contributed by atoms with Gasteiger partial charge in [-0.2, -0.15) is 13.2 Å². The molecule has 5 rings (SSSR count). The van der Waals surface area contributed by atoms with Gasteiger partial charge in [-0.05, 0) is 61.7 Å². The maximum Gasteiger partial charge on any atom is 0.416 e.